The van der Waals surface area contributed by atoms with Gasteiger partial charge in [-0.3, -0.25) is 4.79 Å². The minimum Gasteiger partial charge on any atom is -0.454 e. The molecular weight excluding hydrogens is 310 g/mol. The standard InChI is InChI=1S/C18H19NO3S/c1-12-6-8-19(9-7-12)18(20)17-5-4-16(23-17)13-2-3-14-15(10-13)22-11-21-14/h2-5,10,12H,6-9,11H2,1H3. The van der Waals surface area contributed by atoms with Gasteiger partial charge in [-0.25, -0.2) is 0 Å². The van der Waals surface area contributed by atoms with Gasteiger partial charge in [0.25, 0.3) is 5.91 Å². The molecule has 0 atom stereocenters. The molecule has 0 N–H and O–H groups in total. The number of nitrogens with zero attached hydrogens (tertiary/aromatic N) is 1. The number of carbonyl (C=O) groups is 1. The average molecular weight is 329 g/mol. The van der Waals surface area contributed by atoms with E-state index in [9.17, 15) is 4.79 Å². The Morgan fingerprint density at radius 1 is 1.13 bits per heavy atom. The first-order valence-electron chi connectivity index (χ1n) is 8.00. The van der Waals surface area contributed by atoms with Crippen molar-refractivity contribution in [3.63, 3.8) is 0 Å². The summed E-state index contributed by atoms with van der Waals surface area (Å²) >= 11 is 1.55. The summed E-state index contributed by atoms with van der Waals surface area (Å²) < 4.78 is 10.8. The zero-order chi connectivity index (χ0) is 15.8. The SMILES string of the molecule is CC1CCN(C(=O)c2ccc(-c3ccc4c(c3)OCO4)s2)CC1. The number of amides is 1. The van der Waals surface area contributed by atoms with Gasteiger partial charge in [-0.05, 0) is 54.7 Å². The number of piperidine rings is 1. The normalized spacial score (nSPS) is 17.5. The minimum atomic E-state index is 0.161. The molecule has 4 nitrogen and oxygen atoms in total. The molecule has 1 fully saturated rings. The van der Waals surface area contributed by atoms with Gasteiger partial charge < -0.3 is 14.4 Å². The molecule has 0 unspecified atom stereocenters. The monoisotopic (exact) mass is 329 g/mol. The van der Waals surface area contributed by atoms with Crippen LogP contribution in [0.4, 0.5) is 0 Å². The summed E-state index contributed by atoms with van der Waals surface area (Å²) in [6.07, 6.45) is 2.21. The van der Waals surface area contributed by atoms with E-state index in [1.165, 1.54) is 0 Å². The third-order valence-corrected chi connectivity index (χ3v) is 5.67. The van der Waals surface area contributed by atoms with Gasteiger partial charge in [0, 0.05) is 18.0 Å². The van der Waals surface area contributed by atoms with Crippen LogP contribution in [-0.2, 0) is 0 Å². The van der Waals surface area contributed by atoms with Crippen molar-refractivity contribution in [2.24, 2.45) is 5.92 Å². The summed E-state index contributed by atoms with van der Waals surface area (Å²) in [4.78, 5) is 16.5. The van der Waals surface area contributed by atoms with Crippen molar-refractivity contribution >= 4 is 17.2 Å². The van der Waals surface area contributed by atoms with Crippen molar-refractivity contribution in [3.05, 3.63) is 35.2 Å². The molecule has 0 spiro atoms. The lowest BCUT2D eigenvalue weighted by molar-refractivity contribution is 0.0702. The Labute approximate surface area is 139 Å². The molecule has 0 bridgehead atoms. The quantitative estimate of drug-likeness (QED) is 0.835. The average Bonchev–Trinajstić information content (AvgIpc) is 3.23. The smallest absolute Gasteiger partial charge is 0.263 e. The number of ether oxygens (including phenoxy) is 2. The van der Waals surface area contributed by atoms with Crippen LogP contribution in [0.2, 0.25) is 0 Å². The molecule has 3 heterocycles. The van der Waals surface area contributed by atoms with Gasteiger partial charge in [0.05, 0.1) is 4.88 Å². The molecule has 1 saturated heterocycles. The lowest BCUT2D eigenvalue weighted by atomic mass is 9.99. The van der Waals surface area contributed by atoms with Crippen LogP contribution in [0.1, 0.15) is 29.4 Å². The summed E-state index contributed by atoms with van der Waals surface area (Å²) in [6, 6.07) is 9.86. The number of hydrogen-bond acceptors (Lipinski definition) is 4. The lowest BCUT2D eigenvalue weighted by Crippen LogP contribution is -2.37. The van der Waals surface area contributed by atoms with Crippen molar-refractivity contribution in [2.45, 2.75) is 19.8 Å². The summed E-state index contributed by atoms with van der Waals surface area (Å²) in [5.74, 6) is 2.44. The number of carbonyl (C=O) groups excluding carboxylic acids is 1. The number of benzene rings is 1. The molecule has 1 aromatic carbocycles. The van der Waals surface area contributed by atoms with E-state index in [1.54, 1.807) is 11.3 Å². The van der Waals surface area contributed by atoms with Gasteiger partial charge in [0.2, 0.25) is 6.79 Å². The lowest BCUT2D eigenvalue weighted by Gasteiger charge is -2.29. The zero-order valence-electron chi connectivity index (χ0n) is 13.1. The zero-order valence-corrected chi connectivity index (χ0v) is 13.9. The van der Waals surface area contributed by atoms with E-state index in [1.807, 2.05) is 35.2 Å². The highest BCUT2D eigenvalue weighted by Crippen LogP contribution is 2.38. The number of fused-ring (bicyclic) bond motifs is 1. The second-order valence-corrected chi connectivity index (χ2v) is 7.29. The Morgan fingerprint density at radius 3 is 2.74 bits per heavy atom. The maximum atomic E-state index is 12.6. The van der Waals surface area contributed by atoms with Gasteiger partial charge >= 0.3 is 0 Å². The maximum Gasteiger partial charge on any atom is 0.263 e. The van der Waals surface area contributed by atoms with Crippen LogP contribution in [0.5, 0.6) is 11.5 Å². The Bertz CT molecular complexity index is 732. The van der Waals surface area contributed by atoms with Crippen molar-refractivity contribution in [1.82, 2.24) is 4.90 Å². The topological polar surface area (TPSA) is 38.8 Å². The number of hydrogen-bond donors (Lipinski definition) is 0. The fourth-order valence-corrected chi connectivity index (χ4v) is 4.00. The fourth-order valence-electron chi connectivity index (χ4n) is 3.03. The van der Waals surface area contributed by atoms with Gasteiger partial charge in [0.15, 0.2) is 11.5 Å². The molecule has 2 aromatic rings. The predicted octanol–water partition coefficient (Wildman–Crippen LogP) is 4.02. The van der Waals surface area contributed by atoms with E-state index in [4.69, 9.17) is 9.47 Å². The van der Waals surface area contributed by atoms with E-state index in [2.05, 4.69) is 6.92 Å². The molecule has 2 aliphatic heterocycles. The number of rotatable bonds is 2. The van der Waals surface area contributed by atoms with Gasteiger partial charge in [-0.1, -0.05) is 6.92 Å². The molecule has 2 aliphatic rings. The van der Waals surface area contributed by atoms with E-state index in [-0.39, 0.29) is 12.7 Å². The second kappa shape index (κ2) is 5.89. The molecule has 4 rings (SSSR count). The van der Waals surface area contributed by atoms with E-state index < -0.39 is 0 Å². The molecule has 120 valence electrons. The Balaban J connectivity index is 1.53. The third-order valence-electron chi connectivity index (χ3n) is 4.54. The van der Waals surface area contributed by atoms with E-state index in [0.29, 0.717) is 0 Å². The first kappa shape index (κ1) is 14.6. The van der Waals surface area contributed by atoms with Crippen molar-refractivity contribution in [3.8, 4) is 21.9 Å². The van der Waals surface area contributed by atoms with Gasteiger partial charge in [-0.2, -0.15) is 0 Å². The Morgan fingerprint density at radius 2 is 1.91 bits per heavy atom. The number of likely N-dealkylation sites (tertiary alicyclic amines) is 1. The van der Waals surface area contributed by atoms with E-state index >= 15 is 0 Å². The van der Waals surface area contributed by atoms with Crippen LogP contribution in [-0.4, -0.2) is 30.7 Å². The summed E-state index contributed by atoms with van der Waals surface area (Å²) in [5, 5.41) is 0. The predicted molar refractivity (Wildman–Crippen MR) is 90.2 cm³/mol. The summed E-state index contributed by atoms with van der Waals surface area (Å²) in [5.41, 5.74) is 1.06. The minimum absolute atomic E-state index is 0.161. The van der Waals surface area contributed by atoms with Crippen LogP contribution in [0.15, 0.2) is 30.3 Å². The second-order valence-electron chi connectivity index (χ2n) is 6.21. The summed E-state index contributed by atoms with van der Waals surface area (Å²) in [6.45, 7) is 4.28. The van der Waals surface area contributed by atoms with Crippen molar-refractivity contribution in [1.29, 1.82) is 0 Å². The van der Waals surface area contributed by atoms with Crippen LogP contribution in [0.3, 0.4) is 0 Å². The largest absolute Gasteiger partial charge is 0.454 e. The summed E-state index contributed by atoms with van der Waals surface area (Å²) in [7, 11) is 0. The molecular formula is C18H19NO3S. The highest BCUT2D eigenvalue weighted by molar-refractivity contribution is 7.17. The first-order chi connectivity index (χ1) is 11.2. The van der Waals surface area contributed by atoms with Crippen LogP contribution in [0.25, 0.3) is 10.4 Å². The Hall–Kier alpha value is -2.01. The molecule has 0 aliphatic carbocycles. The highest BCUT2D eigenvalue weighted by atomic mass is 32.1. The third kappa shape index (κ3) is 2.81. The van der Waals surface area contributed by atoms with Crippen molar-refractivity contribution < 1.29 is 14.3 Å². The maximum absolute atomic E-state index is 12.6. The molecule has 0 radical (unpaired) electrons. The molecule has 0 saturated carbocycles. The van der Waals surface area contributed by atoms with Crippen LogP contribution >= 0.6 is 11.3 Å². The number of thiophene rings is 1. The molecule has 5 heteroatoms. The molecule has 23 heavy (non-hydrogen) atoms. The van der Waals surface area contributed by atoms with Gasteiger partial charge in [0.1, 0.15) is 0 Å². The van der Waals surface area contributed by atoms with Crippen molar-refractivity contribution in [2.75, 3.05) is 19.9 Å². The molecule has 1 amide bonds. The van der Waals surface area contributed by atoms with E-state index in [0.717, 1.165) is 58.7 Å². The fraction of sp³-hybridized carbons (Fsp3) is 0.389. The first-order valence-corrected chi connectivity index (χ1v) is 8.81. The molecule has 1 aromatic heterocycles. The van der Waals surface area contributed by atoms with Crippen LogP contribution < -0.4 is 9.47 Å². The van der Waals surface area contributed by atoms with Gasteiger partial charge in [-0.15, -0.1) is 11.3 Å². The van der Waals surface area contributed by atoms with Crippen LogP contribution in [0, 0.1) is 5.92 Å². The Kier molecular flexibility index (Phi) is 3.73. The highest BCUT2D eigenvalue weighted by Gasteiger charge is 2.23.